The number of halogens is 1. The van der Waals surface area contributed by atoms with Gasteiger partial charge in [0.1, 0.15) is 0 Å². The molecular formula is C18H18ClNO3. The van der Waals surface area contributed by atoms with Gasteiger partial charge < -0.3 is 10.1 Å². The predicted molar refractivity (Wildman–Crippen MR) is 91.0 cm³/mol. The molecule has 0 saturated heterocycles. The number of rotatable bonds is 4. The van der Waals surface area contributed by atoms with Gasteiger partial charge in [0.15, 0.2) is 6.61 Å². The van der Waals surface area contributed by atoms with Gasteiger partial charge in [0.25, 0.3) is 5.91 Å². The lowest BCUT2D eigenvalue weighted by Crippen LogP contribution is -2.21. The van der Waals surface area contributed by atoms with Crippen molar-refractivity contribution in [3.8, 4) is 0 Å². The van der Waals surface area contributed by atoms with Gasteiger partial charge in [-0.15, -0.1) is 0 Å². The largest absolute Gasteiger partial charge is 0.452 e. The average molecular weight is 332 g/mol. The highest BCUT2D eigenvalue weighted by Gasteiger charge is 2.13. The van der Waals surface area contributed by atoms with Gasteiger partial charge in [-0.1, -0.05) is 35.4 Å². The van der Waals surface area contributed by atoms with Crippen molar-refractivity contribution in [2.75, 3.05) is 11.9 Å². The van der Waals surface area contributed by atoms with Crippen LogP contribution in [0.1, 0.15) is 27.0 Å². The molecule has 5 heteroatoms. The van der Waals surface area contributed by atoms with Crippen molar-refractivity contribution >= 4 is 29.2 Å². The lowest BCUT2D eigenvalue weighted by molar-refractivity contribution is -0.119. The second-order valence-corrected chi connectivity index (χ2v) is 5.76. The first-order valence-corrected chi connectivity index (χ1v) is 7.55. The molecular weight excluding hydrogens is 314 g/mol. The predicted octanol–water partition coefficient (Wildman–Crippen LogP) is 4.06. The molecule has 0 bridgehead atoms. The zero-order valence-corrected chi connectivity index (χ0v) is 14.0. The fraction of sp³-hybridized carbons (Fsp3) is 0.222. The Bertz CT molecular complexity index is 756. The number of anilines is 1. The molecule has 0 aromatic heterocycles. The molecule has 23 heavy (non-hydrogen) atoms. The summed E-state index contributed by atoms with van der Waals surface area (Å²) in [5, 5.41) is 3.25. The van der Waals surface area contributed by atoms with Crippen LogP contribution >= 0.6 is 11.6 Å². The molecule has 2 aromatic carbocycles. The second-order valence-electron chi connectivity index (χ2n) is 5.36. The van der Waals surface area contributed by atoms with Crippen LogP contribution in [-0.2, 0) is 9.53 Å². The highest BCUT2D eigenvalue weighted by atomic mass is 35.5. The lowest BCUT2D eigenvalue weighted by Gasteiger charge is -2.10. The van der Waals surface area contributed by atoms with Crippen LogP contribution < -0.4 is 5.32 Å². The van der Waals surface area contributed by atoms with Crippen LogP contribution in [0.3, 0.4) is 0 Å². The van der Waals surface area contributed by atoms with Crippen molar-refractivity contribution in [3.63, 3.8) is 0 Å². The van der Waals surface area contributed by atoms with E-state index in [9.17, 15) is 9.59 Å². The minimum atomic E-state index is -0.513. The topological polar surface area (TPSA) is 55.4 Å². The fourth-order valence-corrected chi connectivity index (χ4v) is 2.36. The van der Waals surface area contributed by atoms with Gasteiger partial charge in [0.2, 0.25) is 0 Å². The van der Waals surface area contributed by atoms with E-state index in [1.807, 2.05) is 26.0 Å². The van der Waals surface area contributed by atoms with Crippen molar-refractivity contribution < 1.29 is 14.3 Å². The normalized spacial score (nSPS) is 10.3. The van der Waals surface area contributed by atoms with E-state index in [4.69, 9.17) is 16.3 Å². The summed E-state index contributed by atoms with van der Waals surface area (Å²) in [7, 11) is 0. The van der Waals surface area contributed by atoms with E-state index in [2.05, 4.69) is 5.32 Å². The SMILES string of the molecule is Cc1ccc(C(=O)OCC(=O)Nc2cccc(Cl)c2C)c(C)c1. The van der Waals surface area contributed by atoms with E-state index < -0.39 is 11.9 Å². The molecule has 0 unspecified atom stereocenters. The van der Waals surface area contributed by atoms with Gasteiger partial charge in [0.05, 0.1) is 5.56 Å². The molecule has 1 N–H and O–H groups in total. The first kappa shape index (κ1) is 17.0. The Morgan fingerprint density at radius 1 is 1.13 bits per heavy atom. The maximum Gasteiger partial charge on any atom is 0.338 e. The monoisotopic (exact) mass is 331 g/mol. The molecule has 0 aliphatic rings. The van der Waals surface area contributed by atoms with E-state index in [0.29, 0.717) is 16.3 Å². The fourth-order valence-electron chi connectivity index (χ4n) is 2.18. The van der Waals surface area contributed by atoms with Crippen molar-refractivity contribution in [1.29, 1.82) is 0 Å². The Morgan fingerprint density at radius 3 is 2.57 bits per heavy atom. The maximum atomic E-state index is 12.0. The standard InChI is InChI=1S/C18H18ClNO3/c1-11-7-8-14(12(2)9-11)18(22)23-10-17(21)20-16-6-4-5-15(19)13(16)3/h4-9H,10H2,1-3H3,(H,20,21). The van der Waals surface area contributed by atoms with Crippen LogP contribution in [0.2, 0.25) is 5.02 Å². The maximum absolute atomic E-state index is 12.0. The molecule has 2 rings (SSSR count). The smallest absolute Gasteiger partial charge is 0.338 e. The highest BCUT2D eigenvalue weighted by Crippen LogP contribution is 2.22. The van der Waals surface area contributed by atoms with Crippen molar-refractivity contribution in [2.45, 2.75) is 20.8 Å². The Kier molecular flexibility index (Phi) is 5.40. The molecule has 0 saturated carbocycles. The summed E-state index contributed by atoms with van der Waals surface area (Å²) in [5.74, 6) is -0.922. The molecule has 0 heterocycles. The number of hydrogen-bond donors (Lipinski definition) is 1. The second kappa shape index (κ2) is 7.29. The number of benzene rings is 2. The summed E-state index contributed by atoms with van der Waals surface area (Å²) in [5.41, 5.74) is 3.71. The molecule has 0 aliphatic heterocycles. The van der Waals surface area contributed by atoms with Gasteiger partial charge in [0, 0.05) is 10.7 Å². The molecule has 120 valence electrons. The number of esters is 1. The quantitative estimate of drug-likeness (QED) is 0.859. The van der Waals surface area contributed by atoms with Crippen LogP contribution in [0, 0.1) is 20.8 Å². The minimum Gasteiger partial charge on any atom is -0.452 e. The van der Waals surface area contributed by atoms with Gasteiger partial charge in [-0.25, -0.2) is 4.79 Å². The molecule has 0 aliphatic carbocycles. The number of carbonyl (C=O) groups is 2. The third-order valence-electron chi connectivity index (χ3n) is 3.48. The molecule has 0 radical (unpaired) electrons. The number of hydrogen-bond acceptors (Lipinski definition) is 3. The summed E-state index contributed by atoms with van der Waals surface area (Å²) < 4.78 is 5.07. The molecule has 1 amide bonds. The van der Waals surface area contributed by atoms with Crippen molar-refractivity contribution in [1.82, 2.24) is 0 Å². The summed E-state index contributed by atoms with van der Waals surface area (Å²) in [6.45, 7) is 5.24. The summed E-state index contributed by atoms with van der Waals surface area (Å²) in [6, 6.07) is 10.7. The summed E-state index contributed by atoms with van der Waals surface area (Å²) in [4.78, 5) is 24.0. The first-order valence-electron chi connectivity index (χ1n) is 7.18. The molecule has 0 atom stereocenters. The van der Waals surface area contributed by atoms with Gasteiger partial charge >= 0.3 is 5.97 Å². The summed E-state index contributed by atoms with van der Waals surface area (Å²) >= 11 is 6.00. The van der Waals surface area contributed by atoms with Gasteiger partial charge in [-0.2, -0.15) is 0 Å². The van der Waals surface area contributed by atoms with Crippen LogP contribution in [-0.4, -0.2) is 18.5 Å². The third kappa shape index (κ3) is 4.33. The summed E-state index contributed by atoms with van der Waals surface area (Å²) in [6.07, 6.45) is 0. The van der Waals surface area contributed by atoms with Gasteiger partial charge in [-0.05, 0) is 50.1 Å². The van der Waals surface area contributed by atoms with E-state index in [1.54, 1.807) is 31.2 Å². The van der Waals surface area contributed by atoms with Crippen LogP contribution in [0.15, 0.2) is 36.4 Å². The zero-order valence-electron chi connectivity index (χ0n) is 13.3. The lowest BCUT2D eigenvalue weighted by atomic mass is 10.1. The van der Waals surface area contributed by atoms with Gasteiger partial charge in [-0.3, -0.25) is 4.79 Å². The molecule has 2 aromatic rings. The van der Waals surface area contributed by atoms with E-state index >= 15 is 0 Å². The Balaban J connectivity index is 1.96. The Hall–Kier alpha value is -2.33. The first-order chi connectivity index (χ1) is 10.9. The van der Waals surface area contributed by atoms with Crippen LogP contribution in [0.5, 0.6) is 0 Å². The number of carbonyl (C=O) groups excluding carboxylic acids is 2. The minimum absolute atomic E-state index is 0.349. The van der Waals surface area contributed by atoms with Crippen LogP contribution in [0.25, 0.3) is 0 Å². The van der Waals surface area contributed by atoms with Crippen molar-refractivity contribution in [2.24, 2.45) is 0 Å². The number of nitrogens with one attached hydrogen (secondary N) is 1. The average Bonchev–Trinajstić information content (AvgIpc) is 2.49. The van der Waals surface area contributed by atoms with Crippen molar-refractivity contribution in [3.05, 3.63) is 63.7 Å². The zero-order chi connectivity index (χ0) is 17.0. The molecule has 0 spiro atoms. The van der Waals surface area contributed by atoms with E-state index in [1.165, 1.54) is 0 Å². The van der Waals surface area contributed by atoms with E-state index in [0.717, 1.165) is 16.7 Å². The van der Waals surface area contributed by atoms with Crippen LogP contribution in [0.4, 0.5) is 5.69 Å². The third-order valence-corrected chi connectivity index (χ3v) is 3.89. The highest BCUT2D eigenvalue weighted by molar-refractivity contribution is 6.31. The molecule has 0 fully saturated rings. The number of aryl methyl sites for hydroxylation is 2. The van der Waals surface area contributed by atoms with E-state index in [-0.39, 0.29) is 6.61 Å². The Morgan fingerprint density at radius 2 is 1.87 bits per heavy atom. The Labute approximate surface area is 140 Å². The molecule has 4 nitrogen and oxygen atoms in total. The number of ether oxygens (including phenoxy) is 1. The number of amides is 1.